The van der Waals surface area contributed by atoms with Crippen LogP contribution in [0.2, 0.25) is 0 Å². The third-order valence-electron chi connectivity index (χ3n) is 9.52. The molecule has 4 atom stereocenters. The Morgan fingerprint density at radius 2 is 2.10 bits per heavy atom. The first-order chi connectivity index (χ1) is 23.0. The number of aromatic hydroxyl groups is 1. The molecule has 4 heterocycles. The average molecular weight is 661 g/mol. The zero-order chi connectivity index (χ0) is 34.6. The number of esters is 1. The second-order valence-corrected chi connectivity index (χ2v) is 13.1. The van der Waals surface area contributed by atoms with Crippen molar-refractivity contribution in [3.8, 4) is 11.5 Å². The van der Waals surface area contributed by atoms with Gasteiger partial charge in [0.2, 0.25) is 0 Å². The molecule has 1 aromatic carbocycles. The molecule has 0 bridgehead atoms. The number of fused-ring (bicyclic) bond motifs is 2. The number of rotatable bonds is 12. The van der Waals surface area contributed by atoms with Crippen LogP contribution in [0.15, 0.2) is 74.4 Å². The van der Waals surface area contributed by atoms with Gasteiger partial charge in [0.15, 0.2) is 5.43 Å². The SMILES string of the molecule is CC=C(C)C(=O)OC1Cc2c(c(CC3=CCNC(N)=C3)c3oc(CO)cc(=O)c3c2O)OC1(C)CC(CCCCC)C1=CNC(N)C=C1. The second-order valence-electron chi connectivity index (χ2n) is 13.1. The molecule has 3 aliphatic rings. The third kappa shape index (κ3) is 7.32. The molecule has 4 unspecified atom stereocenters. The van der Waals surface area contributed by atoms with Gasteiger partial charge in [-0.3, -0.25) is 4.79 Å². The van der Waals surface area contributed by atoms with Crippen molar-refractivity contribution in [1.82, 2.24) is 10.6 Å². The van der Waals surface area contributed by atoms with E-state index in [1.165, 1.54) is 6.07 Å². The van der Waals surface area contributed by atoms with Crippen molar-refractivity contribution in [2.45, 2.75) is 97.1 Å². The molecule has 0 saturated heterocycles. The van der Waals surface area contributed by atoms with Gasteiger partial charge in [0, 0.05) is 48.4 Å². The molecule has 0 radical (unpaired) electrons. The number of aliphatic hydroxyl groups is 1. The first-order valence-corrected chi connectivity index (χ1v) is 16.7. The van der Waals surface area contributed by atoms with Crippen LogP contribution in [-0.2, 0) is 29.0 Å². The molecular formula is C37H48N4O7. The summed E-state index contributed by atoms with van der Waals surface area (Å²) < 4.78 is 19.3. The fourth-order valence-electron chi connectivity index (χ4n) is 6.67. The van der Waals surface area contributed by atoms with Crippen molar-refractivity contribution in [3.05, 3.63) is 92.3 Å². The van der Waals surface area contributed by atoms with Gasteiger partial charge in [-0.25, -0.2) is 4.79 Å². The van der Waals surface area contributed by atoms with Crippen LogP contribution in [0.25, 0.3) is 11.0 Å². The number of hydrogen-bond acceptors (Lipinski definition) is 11. The monoisotopic (exact) mass is 660 g/mol. The van der Waals surface area contributed by atoms with Gasteiger partial charge in [0.05, 0.1) is 12.0 Å². The van der Waals surface area contributed by atoms with Gasteiger partial charge in [-0.1, -0.05) is 44.4 Å². The summed E-state index contributed by atoms with van der Waals surface area (Å²) in [7, 11) is 0. The summed E-state index contributed by atoms with van der Waals surface area (Å²) in [5.74, 6) is 0.166. The zero-order valence-electron chi connectivity index (χ0n) is 28.2. The number of phenols is 1. The molecule has 11 heteroatoms. The van der Waals surface area contributed by atoms with E-state index >= 15 is 0 Å². The fourth-order valence-corrected chi connectivity index (χ4v) is 6.67. The second kappa shape index (κ2) is 14.7. The molecule has 0 saturated carbocycles. The van der Waals surface area contributed by atoms with Crippen molar-refractivity contribution < 1.29 is 28.9 Å². The van der Waals surface area contributed by atoms with Crippen LogP contribution in [0.5, 0.6) is 11.5 Å². The first-order valence-electron chi connectivity index (χ1n) is 16.7. The van der Waals surface area contributed by atoms with Gasteiger partial charge in [-0.05, 0) is 62.8 Å². The molecule has 5 rings (SSSR count). The average Bonchev–Trinajstić information content (AvgIpc) is 3.06. The van der Waals surface area contributed by atoms with Crippen LogP contribution >= 0.6 is 0 Å². The lowest BCUT2D eigenvalue weighted by molar-refractivity contribution is -0.159. The van der Waals surface area contributed by atoms with Gasteiger partial charge in [-0.2, -0.15) is 0 Å². The lowest BCUT2D eigenvalue weighted by Gasteiger charge is -2.44. The van der Waals surface area contributed by atoms with Crippen LogP contribution in [0.4, 0.5) is 0 Å². The highest BCUT2D eigenvalue weighted by atomic mass is 16.6. The van der Waals surface area contributed by atoms with E-state index in [-0.39, 0.29) is 47.4 Å². The summed E-state index contributed by atoms with van der Waals surface area (Å²) >= 11 is 0. The number of dihydropyridines is 2. The number of allylic oxidation sites excluding steroid dienone is 5. The summed E-state index contributed by atoms with van der Waals surface area (Å²) in [5.41, 5.74) is 14.0. The highest BCUT2D eigenvalue weighted by molar-refractivity contribution is 5.91. The van der Waals surface area contributed by atoms with E-state index in [1.54, 1.807) is 26.0 Å². The molecule has 0 aliphatic carbocycles. The minimum Gasteiger partial charge on any atom is -0.507 e. The number of carbonyl (C=O) groups is 1. The van der Waals surface area contributed by atoms with E-state index in [4.69, 9.17) is 25.4 Å². The lowest BCUT2D eigenvalue weighted by Crippen LogP contribution is -2.52. The minimum absolute atomic E-state index is 0.0216. The Hall–Kier alpha value is -4.48. The van der Waals surface area contributed by atoms with Crippen LogP contribution in [-0.4, -0.2) is 40.6 Å². The maximum absolute atomic E-state index is 13.4. The van der Waals surface area contributed by atoms with Gasteiger partial charge >= 0.3 is 5.97 Å². The number of unbranched alkanes of at least 4 members (excludes halogenated alkanes) is 2. The molecular weight excluding hydrogens is 612 g/mol. The van der Waals surface area contributed by atoms with Crippen molar-refractivity contribution in [2.75, 3.05) is 6.54 Å². The number of carbonyl (C=O) groups excluding carboxylic acids is 1. The summed E-state index contributed by atoms with van der Waals surface area (Å²) in [6.45, 7) is 7.58. The van der Waals surface area contributed by atoms with E-state index in [1.807, 2.05) is 31.4 Å². The number of hydrogen-bond donors (Lipinski definition) is 6. The Morgan fingerprint density at radius 1 is 1.31 bits per heavy atom. The molecule has 3 aliphatic heterocycles. The van der Waals surface area contributed by atoms with Crippen LogP contribution in [0.3, 0.4) is 0 Å². The molecule has 1 aromatic heterocycles. The third-order valence-corrected chi connectivity index (χ3v) is 9.52. The Kier molecular flexibility index (Phi) is 10.7. The summed E-state index contributed by atoms with van der Waals surface area (Å²) in [4.78, 5) is 26.7. The Morgan fingerprint density at radius 3 is 2.77 bits per heavy atom. The number of ether oxygens (including phenoxy) is 2. The van der Waals surface area contributed by atoms with Crippen LogP contribution < -0.4 is 32.3 Å². The highest BCUT2D eigenvalue weighted by Crippen LogP contribution is 2.49. The van der Waals surface area contributed by atoms with E-state index in [2.05, 4.69) is 17.6 Å². The van der Waals surface area contributed by atoms with Crippen molar-refractivity contribution in [1.29, 1.82) is 0 Å². The standard InChI is InChI=1S/C37H48N4O7/c1-5-7-8-9-23(24-10-11-30(38)41-19-24)18-37(4)29(47-36(45)21(3)6-2)17-26-33(44)32-28(43)16-25(20-42)46-35(32)27(34(26)48-37)14-22-12-13-40-31(39)15-22/h6,10-12,15-16,19,23,29-30,40-42,44H,5,7-9,13-14,17-18,20,38-39H2,1-4H3. The molecule has 0 amide bonds. The van der Waals surface area contributed by atoms with Crippen molar-refractivity contribution in [3.63, 3.8) is 0 Å². The van der Waals surface area contributed by atoms with E-state index in [9.17, 15) is 19.8 Å². The number of benzene rings is 1. The van der Waals surface area contributed by atoms with Gasteiger partial charge < -0.3 is 46.2 Å². The molecule has 2 aromatic rings. The van der Waals surface area contributed by atoms with Crippen LogP contribution in [0, 0.1) is 5.92 Å². The van der Waals surface area contributed by atoms with E-state index in [0.717, 1.165) is 36.8 Å². The van der Waals surface area contributed by atoms with Crippen molar-refractivity contribution in [2.24, 2.45) is 17.4 Å². The smallest absolute Gasteiger partial charge is 0.333 e. The molecule has 0 spiro atoms. The number of aliphatic hydroxyl groups excluding tert-OH is 1. The topological polar surface area (TPSA) is 182 Å². The summed E-state index contributed by atoms with van der Waals surface area (Å²) in [6.07, 6.45) is 15.1. The van der Waals surface area contributed by atoms with Gasteiger partial charge in [0.25, 0.3) is 0 Å². The van der Waals surface area contributed by atoms with E-state index < -0.39 is 29.7 Å². The molecule has 11 nitrogen and oxygen atoms in total. The Bertz CT molecular complexity index is 1770. The zero-order valence-corrected chi connectivity index (χ0v) is 28.2. The maximum atomic E-state index is 13.4. The molecule has 258 valence electrons. The molecule has 8 N–H and O–H groups in total. The highest BCUT2D eigenvalue weighted by Gasteiger charge is 2.48. The summed E-state index contributed by atoms with van der Waals surface area (Å²) in [6, 6.07) is 1.17. The lowest BCUT2D eigenvalue weighted by atomic mass is 9.77. The van der Waals surface area contributed by atoms with Gasteiger partial charge in [-0.15, -0.1) is 0 Å². The van der Waals surface area contributed by atoms with E-state index in [0.29, 0.717) is 41.2 Å². The summed E-state index contributed by atoms with van der Waals surface area (Å²) in [5, 5.41) is 27.9. The van der Waals surface area contributed by atoms with Crippen molar-refractivity contribution >= 4 is 16.9 Å². The fraction of sp³-hybridized carbons (Fsp3) is 0.459. The minimum atomic E-state index is -1.07. The predicted octanol–water partition coefficient (Wildman–Crippen LogP) is 4.35. The largest absolute Gasteiger partial charge is 0.507 e. The normalized spacial score (nSPS) is 22.8. The quantitative estimate of drug-likeness (QED) is 0.108. The Labute approximate surface area is 281 Å². The van der Waals surface area contributed by atoms with Gasteiger partial charge in [0.1, 0.15) is 46.5 Å². The maximum Gasteiger partial charge on any atom is 0.333 e. The molecule has 0 fully saturated rings. The van der Waals surface area contributed by atoms with Crippen LogP contribution in [0.1, 0.15) is 76.7 Å². The molecule has 48 heavy (non-hydrogen) atoms. The first kappa shape index (κ1) is 34.8. The predicted molar refractivity (Wildman–Crippen MR) is 185 cm³/mol. The number of phenolic OH excluding ortho intramolecular Hbond substituents is 1. The number of nitrogens with two attached hydrogens (primary N) is 2. The Balaban J connectivity index is 1.69. The number of nitrogens with one attached hydrogen (secondary N) is 2.